The van der Waals surface area contributed by atoms with Gasteiger partial charge in [0.05, 0.1) is 12.4 Å². The summed E-state index contributed by atoms with van der Waals surface area (Å²) >= 11 is 0. The molecule has 0 heterocycles. The number of halogens is 1. The first-order chi connectivity index (χ1) is 17.5. The van der Waals surface area contributed by atoms with Crippen molar-refractivity contribution in [3.05, 3.63) is 25.0 Å². The molecule has 0 fully saturated rings. The zero-order valence-electron chi connectivity index (χ0n) is 23.7. The van der Waals surface area contributed by atoms with Gasteiger partial charge in [-0.25, -0.2) is 0 Å². The molecule has 216 valence electrons. The molecule has 0 aromatic heterocycles. The molecule has 0 aromatic rings. The van der Waals surface area contributed by atoms with Crippen LogP contribution in [0, 0.1) is 0 Å². The average Bonchev–Trinajstić information content (AvgIpc) is 2.87. The first kappa shape index (κ1) is 37.3. The second-order valence-corrected chi connectivity index (χ2v) is 11.5. The smallest absolute Gasteiger partial charge is 0.308 e. The summed E-state index contributed by atoms with van der Waals surface area (Å²) in [7, 11) is -3.44. The van der Waals surface area contributed by atoms with Crippen LogP contribution in [0.15, 0.2) is 25.0 Å². The molecule has 0 atom stereocenters. The topological polar surface area (TPSA) is 69.4 Å². The highest BCUT2D eigenvalue weighted by Crippen LogP contribution is 2.14. The molecule has 36 heavy (non-hydrogen) atoms. The zero-order chi connectivity index (χ0) is 27.0. The lowest BCUT2D eigenvalue weighted by molar-refractivity contribution is 0.437. The van der Waals surface area contributed by atoms with Gasteiger partial charge in [-0.1, -0.05) is 129 Å². The lowest BCUT2D eigenvalue weighted by Crippen LogP contribution is -2.07. The Labute approximate surface area is 224 Å². The third kappa shape index (κ3) is 35.3. The second kappa shape index (κ2) is 32.1. The fraction of sp³-hybridized carbons (Fsp3) is 0.867. The Hall–Kier alpha value is -0.880. The standard InChI is InChI=1S/C27H53FO3S.C3H7N/c1-2-3-4-5-6-7-8-9-10-11-12-13-14-17-20-23-26-31-32(29,30)27-24-21-18-15-16-19-22-25-28;1-2-3-4/h23,26H,2-22,24-25,27H2,1H3;2H,1,3-4H2. The van der Waals surface area contributed by atoms with Crippen LogP contribution in [0.5, 0.6) is 0 Å². The molecule has 0 unspecified atom stereocenters. The molecule has 0 aliphatic heterocycles. The van der Waals surface area contributed by atoms with Crippen molar-refractivity contribution in [2.45, 2.75) is 148 Å². The third-order valence-electron chi connectivity index (χ3n) is 6.22. The van der Waals surface area contributed by atoms with Gasteiger partial charge in [0.2, 0.25) is 0 Å². The summed E-state index contributed by atoms with van der Waals surface area (Å²) in [6.07, 6.45) is 30.8. The van der Waals surface area contributed by atoms with Gasteiger partial charge in [0.25, 0.3) is 0 Å². The quantitative estimate of drug-likeness (QED) is 0.0494. The Morgan fingerprint density at radius 1 is 0.694 bits per heavy atom. The Morgan fingerprint density at radius 2 is 1.08 bits per heavy atom. The van der Waals surface area contributed by atoms with Crippen LogP contribution in [-0.4, -0.2) is 27.4 Å². The number of nitrogens with two attached hydrogens (primary N) is 1. The molecule has 4 nitrogen and oxygen atoms in total. The molecule has 0 spiro atoms. The monoisotopic (exact) mass is 533 g/mol. The Bertz CT molecular complexity index is 552. The van der Waals surface area contributed by atoms with E-state index in [9.17, 15) is 12.8 Å². The lowest BCUT2D eigenvalue weighted by Gasteiger charge is -2.04. The van der Waals surface area contributed by atoms with E-state index in [1.807, 2.05) is 6.08 Å². The Balaban J connectivity index is 0. The predicted octanol–water partition coefficient (Wildman–Crippen LogP) is 9.55. The normalized spacial score (nSPS) is 11.4. The van der Waals surface area contributed by atoms with Crippen molar-refractivity contribution in [2.75, 3.05) is 19.0 Å². The molecule has 0 aliphatic rings. The Morgan fingerprint density at radius 3 is 1.50 bits per heavy atom. The minimum atomic E-state index is -3.44. The minimum Gasteiger partial charge on any atom is -0.391 e. The summed E-state index contributed by atoms with van der Waals surface area (Å²) in [4.78, 5) is 0. The maximum atomic E-state index is 12.0. The SMILES string of the molecule is C=CCN.CCCCCCCCCCCCCCCCC=COS(=O)(=O)CCCCCCCCCF. The molecule has 0 rings (SSSR count). The fourth-order valence-electron chi connectivity index (χ4n) is 3.95. The number of unbranched alkanes of at least 4 members (excludes halogenated alkanes) is 20. The van der Waals surface area contributed by atoms with E-state index in [2.05, 4.69) is 13.5 Å². The predicted molar refractivity (Wildman–Crippen MR) is 156 cm³/mol. The number of rotatable bonds is 27. The van der Waals surface area contributed by atoms with Gasteiger partial charge in [-0.15, -0.1) is 6.58 Å². The van der Waals surface area contributed by atoms with Crippen molar-refractivity contribution in [3.8, 4) is 0 Å². The summed E-state index contributed by atoms with van der Waals surface area (Å²) in [6, 6.07) is 0. The molecular formula is C30H60FNO3S. The van der Waals surface area contributed by atoms with Gasteiger partial charge in [-0.05, 0) is 31.8 Å². The minimum absolute atomic E-state index is 0.0840. The van der Waals surface area contributed by atoms with Gasteiger partial charge in [0.1, 0.15) is 6.26 Å². The summed E-state index contributed by atoms with van der Waals surface area (Å²) < 4.78 is 40.6. The Kier molecular flexibility index (Phi) is 33.3. The van der Waals surface area contributed by atoms with Crippen LogP contribution in [-0.2, 0) is 14.3 Å². The molecule has 0 saturated heterocycles. The van der Waals surface area contributed by atoms with Crippen molar-refractivity contribution in [1.29, 1.82) is 0 Å². The number of allylic oxidation sites excluding steroid dienone is 1. The van der Waals surface area contributed by atoms with E-state index in [0.717, 1.165) is 44.9 Å². The largest absolute Gasteiger partial charge is 0.391 e. The maximum Gasteiger partial charge on any atom is 0.308 e. The van der Waals surface area contributed by atoms with Gasteiger partial charge < -0.3 is 9.92 Å². The highest BCUT2D eigenvalue weighted by molar-refractivity contribution is 7.86. The molecular weight excluding hydrogens is 473 g/mol. The van der Waals surface area contributed by atoms with Crippen LogP contribution < -0.4 is 5.73 Å². The van der Waals surface area contributed by atoms with Crippen LogP contribution >= 0.6 is 0 Å². The third-order valence-corrected chi connectivity index (χ3v) is 7.41. The number of hydrogen-bond acceptors (Lipinski definition) is 4. The molecule has 0 aliphatic carbocycles. The molecule has 0 radical (unpaired) electrons. The van der Waals surface area contributed by atoms with Crippen molar-refractivity contribution >= 4 is 10.1 Å². The van der Waals surface area contributed by atoms with E-state index in [-0.39, 0.29) is 12.4 Å². The molecule has 2 N–H and O–H groups in total. The number of alkyl halides is 1. The maximum absolute atomic E-state index is 12.0. The van der Waals surface area contributed by atoms with Crippen LogP contribution in [0.25, 0.3) is 0 Å². The summed E-state index contributed by atoms with van der Waals surface area (Å²) in [5, 5.41) is 0. The highest BCUT2D eigenvalue weighted by Gasteiger charge is 2.08. The molecule has 0 bridgehead atoms. The van der Waals surface area contributed by atoms with Crippen molar-refractivity contribution in [3.63, 3.8) is 0 Å². The van der Waals surface area contributed by atoms with Gasteiger partial charge in [-0.2, -0.15) is 8.42 Å². The van der Waals surface area contributed by atoms with E-state index in [1.165, 1.54) is 89.7 Å². The summed E-state index contributed by atoms with van der Waals surface area (Å²) in [6.45, 7) is 5.97. The average molecular weight is 534 g/mol. The second-order valence-electron chi connectivity index (χ2n) is 9.80. The lowest BCUT2D eigenvalue weighted by atomic mass is 10.0. The van der Waals surface area contributed by atoms with Crippen LogP contribution in [0.4, 0.5) is 4.39 Å². The fourth-order valence-corrected chi connectivity index (χ4v) is 4.86. The highest BCUT2D eigenvalue weighted by atomic mass is 32.2. The van der Waals surface area contributed by atoms with Crippen LogP contribution in [0.3, 0.4) is 0 Å². The van der Waals surface area contributed by atoms with E-state index in [1.54, 1.807) is 6.08 Å². The first-order valence-electron chi connectivity index (χ1n) is 15.0. The van der Waals surface area contributed by atoms with Gasteiger partial charge in [0.15, 0.2) is 0 Å². The van der Waals surface area contributed by atoms with E-state index < -0.39 is 10.1 Å². The first-order valence-corrected chi connectivity index (χ1v) is 16.5. The van der Waals surface area contributed by atoms with E-state index >= 15 is 0 Å². The van der Waals surface area contributed by atoms with Gasteiger partial charge >= 0.3 is 10.1 Å². The van der Waals surface area contributed by atoms with Crippen molar-refractivity contribution in [2.24, 2.45) is 5.73 Å². The van der Waals surface area contributed by atoms with E-state index in [4.69, 9.17) is 9.92 Å². The molecule has 0 aromatic carbocycles. The van der Waals surface area contributed by atoms with E-state index in [0.29, 0.717) is 19.4 Å². The van der Waals surface area contributed by atoms with Crippen molar-refractivity contribution < 1.29 is 17.0 Å². The van der Waals surface area contributed by atoms with Crippen molar-refractivity contribution in [1.82, 2.24) is 0 Å². The van der Waals surface area contributed by atoms with Crippen LogP contribution in [0.1, 0.15) is 148 Å². The molecule has 0 amide bonds. The van der Waals surface area contributed by atoms with Gasteiger partial charge in [0, 0.05) is 6.54 Å². The number of hydrogen-bond donors (Lipinski definition) is 1. The van der Waals surface area contributed by atoms with Crippen LogP contribution in [0.2, 0.25) is 0 Å². The molecule has 0 saturated carbocycles. The summed E-state index contributed by atoms with van der Waals surface area (Å²) in [5.41, 5.74) is 4.91. The van der Waals surface area contributed by atoms with Gasteiger partial charge in [-0.3, -0.25) is 4.39 Å². The molecule has 6 heteroatoms. The zero-order valence-corrected chi connectivity index (χ0v) is 24.5. The summed E-state index contributed by atoms with van der Waals surface area (Å²) in [5.74, 6) is 0.0840.